The van der Waals surface area contributed by atoms with Crippen molar-refractivity contribution in [2.24, 2.45) is 5.16 Å². The van der Waals surface area contributed by atoms with Crippen molar-refractivity contribution in [1.29, 1.82) is 0 Å². The predicted molar refractivity (Wildman–Crippen MR) is 106 cm³/mol. The molecule has 3 nitrogen and oxygen atoms in total. The summed E-state index contributed by atoms with van der Waals surface area (Å²) in [7, 11) is 0. The first-order valence-corrected chi connectivity index (χ1v) is 8.45. The fourth-order valence-electron chi connectivity index (χ4n) is 2.95. The highest BCUT2D eigenvalue weighted by molar-refractivity contribution is 6.02. The molecule has 0 N–H and O–H groups in total. The zero-order valence-electron chi connectivity index (χ0n) is 14.3. The van der Waals surface area contributed by atoms with E-state index in [1.54, 1.807) is 6.07 Å². The maximum atomic E-state index is 12.3. The fourth-order valence-corrected chi connectivity index (χ4v) is 2.95. The quantitative estimate of drug-likeness (QED) is 0.278. The predicted octanol–water partition coefficient (Wildman–Crippen LogP) is 5.57. The number of fused-ring (bicyclic) bond motifs is 2. The molecule has 0 saturated heterocycles. The molecule has 0 aliphatic rings. The van der Waals surface area contributed by atoms with Crippen LogP contribution in [0.2, 0.25) is 0 Å². The first-order valence-electron chi connectivity index (χ1n) is 8.45. The Kier molecular flexibility index (Phi) is 4.20. The Hall–Kier alpha value is -3.46. The van der Waals surface area contributed by atoms with Gasteiger partial charge in [0.05, 0.1) is 11.3 Å². The molecule has 0 heterocycles. The van der Waals surface area contributed by atoms with Gasteiger partial charge in [-0.25, -0.2) is 4.79 Å². The number of hydrogen-bond donors (Lipinski definition) is 0. The first-order chi connectivity index (χ1) is 12.7. The van der Waals surface area contributed by atoms with E-state index in [4.69, 9.17) is 4.84 Å². The second-order valence-electron chi connectivity index (χ2n) is 6.18. The molecule has 3 heteroatoms. The van der Waals surface area contributed by atoms with Crippen molar-refractivity contribution in [2.45, 2.75) is 6.92 Å². The van der Waals surface area contributed by atoms with Gasteiger partial charge in [-0.1, -0.05) is 71.9 Å². The van der Waals surface area contributed by atoms with Crippen molar-refractivity contribution in [2.75, 3.05) is 0 Å². The van der Waals surface area contributed by atoms with Crippen LogP contribution >= 0.6 is 0 Å². The van der Waals surface area contributed by atoms with Gasteiger partial charge in [-0.15, -0.1) is 0 Å². The molecule has 126 valence electrons. The number of rotatable bonds is 3. The topological polar surface area (TPSA) is 38.7 Å². The molecule has 4 aromatic rings. The zero-order valence-corrected chi connectivity index (χ0v) is 14.3. The van der Waals surface area contributed by atoms with E-state index in [-0.39, 0.29) is 0 Å². The van der Waals surface area contributed by atoms with Crippen molar-refractivity contribution in [3.05, 3.63) is 96.1 Å². The van der Waals surface area contributed by atoms with E-state index in [0.29, 0.717) is 11.3 Å². The lowest BCUT2D eigenvalue weighted by Crippen LogP contribution is -2.04. The summed E-state index contributed by atoms with van der Waals surface area (Å²) < 4.78 is 0. The van der Waals surface area contributed by atoms with Crippen LogP contribution in [-0.4, -0.2) is 11.7 Å². The molecule has 0 saturated carbocycles. The molecule has 0 aromatic heterocycles. The summed E-state index contributed by atoms with van der Waals surface area (Å²) in [6.07, 6.45) is 0. The Morgan fingerprint density at radius 2 is 1.19 bits per heavy atom. The summed E-state index contributed by atoms with van der Waals surface area (Å²) in [5, 5.41) is 8.39. The van der Waals surface area contributed by atoms with Gasteiger partial charge in [0.1, 0.15) is 0 Å². The zero-order chi connectivity index (χ0) is 17.9. The van der Waals surface area contributed by atoms with Crippen LogP contribution in [0.4, 0.5) is 0 Å². The van der Waals surface area contributed by atoms with Crippen LogP contribution < -0.4 is 0 Å². The second kappa shape index (κ2) is 6.81. The number of hydrogen-bond acceptors (Lipinski definition) is 3. The van der Waals surface area contributed by atoms with Crippen LogP contribution in [0.3, 0.4) is 0 Å². The first kappa shape index (κ1) is 16.0. The Balaban J connectivity index is 1.55. The summed E-state index contributed by atoms with van der Waals surface area (Å²) in [5.74, 6) is -0.462. The van der Waals surface area contributed by atoms with Gasteiger partial charge >= 0.3 is 5.97 Å². The van der Waals surface area contributed by atoms with Crippen molar-refractivity contribution in [3.8, 4) is 0 Å². The third-order valence-electron chi connectivity index (χ3n) is 4.42. The standard InChI is InChI=1S/C23H17NO2/c1-16(19-12-10-17-6-2-4-8-20(17)14-19)24-26-23(25)22-13-11-18-7-3-5-9-21(18)15-22/h2-15H,1H3. The minimum absolute atomic E-state index is 0.462. The third-order valence-corrected chi connectivity index (χ3v) is 4.42. The fraction of sp³-hybridized carbons (Fsp3) is 0.0435. The normalized spacial score (nSPS) is 11.7. The average molecular weight is 339 g/mol. The minimum atomic E-state index is -0.462. The van der Waals surface area contributed by atoms with Crippen LogP contribution in [-0.2, 0) is 4.84 Å². The Morgan fingerprint density at radius 1 is 0.692 bits per heavy atom. The van der Waals surface area contributed by atoms with Gasteiger partial charge in [-0.2, -0.15) is 0 Å². The van der Waals surface area contributed by atoms with Gasteiger partial charge in [0.15, 0.2) is 0 Å². The lowest BCUT2D eigenvalue weighted by Gasteiger charge is -2.04. The van der Waals surface area contributed by atoms with Gasteiger partial charge < -0.3 is 4.84 Å². The molecule has 4 rings (SSSR count). The SMILES string of the molecule is CC(=NOC(=O)c1ccc2ccccc2c1)c1ccc2ccccc2c1. The second-order valence-corrected chi connectivity index (χ2v) is 6.18. The van der Waals surface area contributed by atoms with Crippen LogP contribution in [0.1, 0.15) is 22.8 Å². The molecule has 0 bridgehead atoms. The molecule has 0 amide bonds. The summed E-state index contributed by atoms with van der Waals surface area (Å²) in [4.78, 5) is 17.5. The maximum absolute atomic E-state index is 12.3. The minimum Gasteiger partial charge on any atom is -0.313 e. The number of carbonyl (C=O) groups excluding carboxylic acids is 1. The molecular formula is C23H17NO2. The van der Waals surface area contributed by atoms with E-state index in [2.05, 4.69) is 11.2 Å². The summed E-state index contributed by atoms with van der Waals surface area (Å²) in [6, 6.07) is 27.5. The van der Waals surface area contributed by atoms with E-state index in [1.165, 1.54) is 0 Å². The molecule has 0 spiro atoms. The molecular weight excluding hydrogens is 322 g/mol. The average Bonchev–Trinajstić information content (AvgIpc) is 2.71. The van der Waals surface area contributed by atoms with Gasteiger partial charge in [-0.3, -0.25) is 0 Å². The number of carbonyl (C=O) groups is 1. The third kappa shape index (κ3) is 3.20. The molecule has 4 aromatic carbocycles. The highest BCUT2D eigenvalue weighted by Gasteiger charge is 2.09. The van der Waals surface area contributed by atoms with Crippen molar-refractivity contribution in [3.63, 3.8) is 0 Å². The van der Waals surface area contributed by atoms with Crippen molar-refractivity contribution >= 4 is 33.2 Å². The lowest BCUT2D eigenvalue weighted by atomic mass is 10.0. The summed E-state index contributed by atoms with van der Waals surface area (Å²) in [6.45, 7) is 1.83. The highest BCUT2D eigenvalue weighted by Crippen LogP contribution is 2.18. The van der Waals surface area contributed by atoms with Gasteiger partial charge in [0.25, 0.3) is 0 Å². The summed E-state index contributed by atoms with van der Waals surface area (Å²) >= 11 is 0. The maximum Gasteiger partial charge on any atom is 0.365 e. The van der Waals surface area contributed by atoms with Crippen molar-refractivity contribution in [1.82, 2.24) is 0 Å². The van der Waals surface area contributed by atoms with Crippen LogP contribution in [0.25, 0.3) is 21.5 Å². The van der Waals surface area contributed by atoms with E-state index in [0.717, 1.165) is 27.1 Å². The van der Waals surface area contributed by atoms with E-state index in [9.17, 15) is 4.79 Å². The lowest BCUT2D eigenvalue weighted by molar-refractivity contribution is 0.0516. The molecule has 0 aliphatic carbocycles. The van der Waals surface area contributed by atoms with Crippen molar-refractivity contribution < 1.29 is 9.63 Å². The number of oxime groups is 1. The summed E-state index contributed by atoms with van der Waals surface area (Å²) in [5.41, 5.74) is 2.07. The molecule has 0 aliphatic heterocycles. The Labute approximate surface area is 151 Å². The van der Waals surface area contributed by atoms with E-state index in [1.807, 2.05) is 79.7 Å². The van der Waals surface area contributed by atoms with Crippen LogP contribution in [0, 0.1) is 0 Å². The monoisotopic (exact) mass is 339 g/mol. The van der Waals surface area contributed by atoms with Crippen LogP contribution in [0.15, 0.2) is 90.1 Å². The van der Waals surface area contributed by atoms with Crippen LogP contribution in [0.5, 0.6) is 0 Å². The highest BCUT2D eigenvalue weighted by atomic mass is 16.7. The number of nitrogens with zero attached hydrogens (tertiary/aromatic N) is 1. The smallest absolute Gasteiger partial charge is 0.313 e. The van der Waals surface area contributed by atoms with Gasteiger partial charge in [0.2, 0.25) is 0 Å². The van der Waals surface area contributed by atoms with Gasteiger partial charge in [-0.05, 0) is 52.2 Å². The Bertz CT molecular complexity index is 1140. The molecule has 0 fully saturated rings. The molecule has 26 heavy (non-hydrogen) atoms. The largest absolute Gasteiger partial charge is 0.365 e. The van der Waals surface area contributed by atoms with Gasteiger partial charge in [0, 0.05) is 0 Å². The molecule has 0 unspecified atom stereocenters. The van der Waals surface area contributed by atoms with E-state index >= 15 is 0 Å². The molecule has 0 radical (unpaired) electrons. The Morgan fingerprint density at radius 3 is 1.81 bits per heavy atom. The number of benzene rings is 4. The molecule has 0 atom stereocenters. The van der Waals surface area contributed by atoms with E-state index < -0.39 is 5.97 Å².